The minimum atomic E-state index is -0.826. The van der Waals surface area contributed by atoms with Gasteiger partial charge in [0.1, 0.15) is 0 Å². The summed E-state index contributed by atoms with van der Waals surface area (Å²) < 4.78 is 0. The molecule has 0 aromatic carbocycles. The highest BCUT2D eigenvalue weighted by Gasteiger charge is 2.24. The maximum Gasteiger partial charge on any atom is 0.220 e. The van der Waals surface area contributed by atoms with E-state index in [2.05, 4.69) is 5.32 Å². The summed E-state index contributed by atoms with van der Waals surface area (Å²) in [6.45, 7) is -0.147. The summed E-state index contributed by atoms with van der Waals surface area (Å²) in [6, 6.07) is 0. The second kappa shape index (κ2) is 4.42. The molecule has 0 radical (unpaired) electrons. The van der Waals surface area contributed by atoms with Crippen LogP contribution in [0.1, 0.15) is 19.3 Å². The fourth-order valence-electron chi connectivity index (χ4n) is 0.953. The zero-order chi connectivity index (χ0) is 8.97. The van der Waals surface area contributed by atoms with Gasteiger partial charge in [-0.15, -0.1) is 0 Å². The van der Waals surface area contributed by atoms with Crippen molar-refractivity contribution in [2.24, 2.45) is 5.92 Å². The molecule has 0 bridgehead atoms. The average Bonchev–Trinajstić information content (AvgIpc) is 2.84. The van der Waals surface area contributed by atoms with Crippen LogP contribution in [0.4, 0.5) is 0 Å². The molecule has 1 fully saturated rings. The van der Waals surface area contributed by atoms with Gasteiger partial charge in [0.2, 0.25) is 5.91 Å². The highest BCUT2D eigenvalue weighted by Crippen LogP contribution is 2.31. The van der Waals surface area contributed by atoms with Crippen LogP contribution in [-0.2, 0) is 4.79 Å². The molecule has 1 saturated carbocycles. The number of carbonyl (C=O) groups is 1. The van der Waals surface area contributed by atoms with Crippen molar-refractivity contribution >= 4 is 5.91 Å². The van der Waals surface area contributed by atoms with Crippen LogP contribution >= 0.6 is 0 Å². The number of hydrogen-bond donors (Lipinski definition) is 3. The van der Waals surface area contributed by atoms with Gasteiger partial charge in [0, 0.05) is 13.0 Å². The summed E-state index contributed by atoms with van der Waals surface area (Å²) in [7, 11) is 0. The first-order valence-corrected chi connectivity index (χ1v) is 4.28. The largest absolute Gasteiger partial charge is 0.394 e. The third-order valence-electron chi connectivity index (χ3n) is 1.92. The van der Waals surface area contributed by atoms with Crippen molar-refractivity contribution in [2.45, 2.75) is 25.4 Å². The first kappa shape index (κ1) is 9.48. The zero-order valence-electron chi connectivity index (χ0n) is 6.99. The molecule has 0 spiro atoms. The Labute approximate surface area is 71.6 Å². The van der Waals surface area contributed by atoms with Crippen LogP contribution in [0.25, 0.3) is 0 Å². The Kier molecular flexibility index (Phi) is 3.49. The molecule has 12 heavy (non-hydrogen) atoms. The highest BCUT2D eigenvalue weighted by molar-refractivity contribution is 5.76. The molecule has 4 nitrogen and oxygen atoms in total. The lowest BCUT2D eigenvalue weighted by Gasteiger charge is -2.08. The van der Waals surface area contributed by atoms with Crippen molar-refractivity contribution < 1.29 is 15.0 Å². The standard InChI is InChI=1S/C8H15NO3/c10-5-7(11)4-9-8(12)3-6-1-2-6/h6-7,10-11H,1-5H2,(H,9,12). The van der Waals surface area contributed by atoms with Crippen molar-refractivity contribution in [3.8, 4) is 0 Å². The van der Waals surface area contributed by atoms with E-state index in [-0.39, 0.29) is 19.1 Å². The van der Waals surface area contributed by atoms with Crippen LogP contribution in [0.3, 0.4) is 0 Å². The number of nitrogens with one attached hydrogen (secondary N) is 1. The Balaban J connectivity index is 2.00. The first-order chi connectivity index (χ1) is 5.72. The molecule has 1 rings (SSSR count). The smallest absolute Gasteiger partial charge is 0.220 e. The van der Waals surface area contributed by atoms with E-state index in [1.807, 2.05) is 0 Å². The van der Waals surface area contributed by atoms with E-state index in [4.69, 9.17) is 10.2 Å². The molecule has 1 aliphatic rings. The van der Waals surface area contributed by atoms with Crippen LogP contribution in [0.15, 0.2) is 0 Å². The molecule has 1 amide bonds. The molecule has 1 aliphatic carbocycles. The molecule has 1 atom stereocenters. The Morgan fingerprint density at radius 3 is 2.75 bits per heavy atom. The number of hydrogen-bond acceptors (Lipinski definition) is 3. The van der Waals surface area contributed by atoms with E-state index in [0.29, 0.717) is 12.3 Å². The van der Waals surface area contributed by atoms with E-state index in [1.165, 1.54) is 0 Å². The topological polar surface area (TPSA) is 69.6 Å². The van der Waals surface area contributed by atoms with Gasteiger partial charge in [0.05, 0.1) is 12.7 Å². The van der Waals surface area contributed by atoms with E-state index in [0.717, 1.165) is 12.8 Å². The summed E-state index contributed by atoms with van der Waals surface area (Å²) in [4.78, 5) is 11.0. The molecular weight excluding hydrogens is 158 g/mol. The van der Waals surface area contributed by atoms with Gasteiger partial charge in [-0.25, -0.2) is 0 Å². The van der Waals surface area contributed by atoms with Crippen LogP contribution in [-0.4, -0.2) is 35.4 Å². The summed E-state index contributed by atoms with van der Waals surface area (Å²) >= 11 is 0. The minimum Gasteiger partial charge on any atom is -0.394 e. The monoisotopic (exact) mass is 173 g/mol. The third kappa shape index (κ3) is 3.69. The van der Waals surface area contributed by atoms with Crippen molar-refractivity contribution in [3.05, 3.63) is 0 Å². The van der Waals surface area contributed by atoms with Gasteiger partial charge in [0.15, 0.2) is 0 Å². The lowest BCUT2D eigenvalue weighted by Crippen LogP contribution is -2.33. The maximum absolute atomic E-state index is 11.0. The van der Waals surface area contributed by atoms with E-state index in [9.17, 15) is 4.79 Å². The lowest BCUT2D eigenvalue weighted by molar-refractivity contribution is -0.122. The van der Waals surface area contributed by atoms with Gasteiger partial charge in [-0.1, -0.05) is 0 Å². The Bertz CT molecular complexity index is 156. The SMILES string of the molecule is O=C(CC1CC1)NCC(O)CO. The van der Waals surface area contributed by atoms with Gasteiger partial charge in [0.25, 0.3) is 0 Å². The molecule has 0 heterocycles. The number of carbonyl (C=O) groups excluding carboxylic acids is 1. The van der Waals surface area contributed by atoms with E-state index < -0.39 is 6.10 Å². The molecule has 0 aromatic heterocycles. The van der Waals surface area contributed by atoms with Gasteiger partial charge in [-0.05, 0) is 18.8 Å². The van der Waals surface area contributed by atoms with Crippen molar-refractivity contribution in [2.75, 3.05) is 13.2 Å². The fraction of sp³-hybridized carbons (Fsp3) is 0.875. The third-order valence-corrected chi connectivity index (χ3v) is 1.92. The van der Waals surface area contributed by atoms with Crippen molar-refractivity contribution in [1.82, 2.24) is 5.32 Å². The average molecular weight is 173 g/mol. The fourth-order valence-corrected chi connectivity index (χ4v) is 0.953. The van der Waals surface area contributed by atoms with Crippen molar-refractivity contribution in [1.29, 1.82) is 0 Å². The van der Waals surface area contributed by atoms with Crippen LogP contribution in [0.5, 0.6) is 0 Å². The molecule has 0 aromatic rings. The molecule has 3 N–H and O–H groups in total. The van der Waals surface area contributed by atoms with Crippen LogP contribution in [0.2, 0.25) is 0 Å². The predicted molar refractivity (Wildman–Crippen MR) is 43.4 cm³/mol. The second-order valence-corrected chi connectivity index (χ2v) is 3.29. The van der Waals surface area contributed by atoms with Gasteiger partial charge < -0.3 is 15.5 Å². The first-order valence-electron chi connectivity index (χ1n) is 4.28. The van der Waals surface area contributed by atoms with Gasteiger partial charge >= 0.3 is 0 Å². The van der Waals surface area contributed by atoms with E-state index >= 15 is 0 Å². The van der Waals surface area contributed by atoms with Gasteiger partial charge in [-0.2, -0.15) is 0 Å². The van der Waals surface area contributed by atoms with Gasteiger partial charge in [-0.3, -0.25) is 4.79 Å². The molecule has 0 aliphatic heterocycles. The number of amides is 1. The van der Waals surface area contributed by atoms with Crippen LogP contribution in [0, 0.1) is 5.92 Å². The molecule has 4 heteroatoms. The normalized spacial score (nSPS) is 18.8. The molecule has 70 valence electrons. The molecule has 0 saturated heterocycles. The maximum atomic E-state index is 11.0. The summed E-state index contributed by atoms with van der Waals surface area (Å²) in [5.74, 6) is 0.543. The number of aliphatic hydroxyl groups excluding tert-OH is 2. The number of aliphatic hydroxyl groups is 2. The lowest BCUT2D eigenvalue weighted by atomic mass is 10.2. The predicted octanol–water partition coefficient (Wildman–Crippen LogP) is -0.744. The summed E-state index contributed by atoms with van der Waals surface area (Å²) in [6.07, 6.45) is 2.04. The van der Waals surface area contributed by atoms with E-state index in [1.54, 1.807) is 0 Å². The Morgan fingerprint density at radius 1 is 1.58 bits per heavy atom. The zero-order valence-corrected chi connectivity index (χ0v) is 6.99. The minimum absolute atomic E-state index is 0.0231. The molecular formula is C8H15NO3. The van der Waals surface area contributed by atoms with Crippen molar-refractivity contribution in [3.63, 3.8) is 0 Å². The Hall–Kier alpha value is -0.610. The highest BCUT2D eigenvalue weighted by atomic mass is 16.3. The molecule has 1 unspecified atom stereocenters. The summed E-state index contributed by atoms with van der Waals surface area (Å²) in [5.41, 5.74) is 0. The Morgan fingerprint density at radius 2 is 2.25 bits per heavy atom. The quantitative estimate of drug-likeness (QED) is 0.512. The van der Waals surface area contributed by atoms with Crippen LogP contribution < -0.4 is 5.32 Å². The summed E-state index contributed by atoms with van der Waals surface area (Å²) in [5, 5.41) is 19.9. The second-order valence-electron chi connectivity index (χ2n) is 3.29. The number of rotatable bonds is 5.